The molecule has 1 aromatic heterocycles. The second-order valence-corrected chi connectivity index (χ2v) is 5.88. The van der Waals surface area contributed by atoms with Gasteiger partial charge in [0.15, 0.2) is 0 Å². The lowest BCUT2D eigenvalue weighted by Gasteiger charge is -2.34. The summed E-state index contributed by atoms with van der Waals surface area (Å²) >= 11 is 0. The lowest BCUT2D eigenvalue weighted by Crippen LogP contribution is -2.52. The maximum absolute atomic E-state index is 12.8. The van der Waals surface area contributed by atoms with Gasteiger partial charge in [-0.05, 0) is 31.4 Å². The van der Waals surface area contributed by atoms with Gasteiger partial charge in [0.05, 0.1) is 17.2 Å². The van der Waals surface area contributed by atoms with Crippen molar-refractivity contribution < 1.29 is 9.59 Å². The number of likely N-dealkylation sites (tertiary alicyclic amines) is 1. The van der Waals surface area contributed by atoms with Crippen LogP contribution in [0.4, 0.5) is 0 Å². The van der Waals surface area contributed by atoms with E-state index in [-0.39, 0.29) is 23.9 Å². The molecule has 0 spiro atoms. The number of piperidine rings is 1. The number of likely N-dealkylation sites (N-methyl/N-ethyl adjacent to an activating group) is 1. The number of carbonyl (C=O) groups excluding carboxylic acids is 2. The Balaban J connectivity index is 1.90. The molecule has 0 radical (unpaired) electrons. The molecule has 0 saturated carbocycles. The number of aromatic nitrogens is 2. The lowest BCUT2D eigenvalue weighted by molar-refractivity contribution is -0.142. The van der Waals surface area contributed by atoms with Crippen LogP contribution in [-0.4, -0.2) is 45.9 Å². The first kappa shape index (κ1) is 16.2. The number of amides is 2. The van der Waals surface area contributed by atoms with Crippen LogP contribution >= 0.6 is 0 Å². The quantitative estimate of drug-likeness (QED) is 0.890. The Morgan fingerprint density at radius 1 is 1.29 bits per heavy atom. The van der Waals surface area contributed by atoms with Crippen LogP contribution < -0.4 is 10.9 Å². The molecule has 2 aromatic rings. The van der Waals surface area contributed by atoms with Crippen molar-refractivity contribution in [2.75, 3.05) is 13.6 Å². The van der Waals surface area contributed by atoms with Gasteiger partial charge in [-0.2, -0.15) is 0 Å². The van der Waals surface area contributed by atoms with E-state index in [0.29, 0.717) is 24.0 Å². The monoisotopic (exact) mass is 328 g/mol. The smallest absolute Gasteiger partial charge is 0.269 e. The Labute approximate surface area is 139 Å². The molecule has 126 valence electrons. The van der Waals surface area contributed by atoms with E-state index in [2.05, 4.69) is 10.3 Å². The Bertz CT molecular complexity index is 830. The van der Waals surface area contributed by atoms with E-state index in [4.69, 9.17) is 0 Å². The molecular weight excluding hydrogens is 308 g/mol. The molecule has 1 aliphatic rings. The number of fused-ring (bicyclic) bond motifs is 1. The standard InChI is InChI=1S/C17H20N4O3/c1-18-17(24)14-8-4-5-9-20(14)16(23)11-21-13-7-3-2-6-12(13)19-10-15(21)22/h2-3,6-7,10,14H,4-5,8-9,11H2,1H3,(H,18,24). The molecular formula is C17H20N4O3. The SMILES string of the molecule is CNC(=O)C1CCCCN1C(=O)Cn1c(=O)cnc2ccccc21. The predicted molar refractivity (Wildman–Crippen MR) is 89.4 cm³/mol. The Morgan fingerprint density at radius 2 is 2.08 bits per heavy atom. The molecule has 24 heavy (non-hydrogen) atoms. The van der Waals surface area contributed by atoms with Crippen LogP contribution in [0.25, 0.3) is 11.0 Å². The molecule has 0 bridgehead atoms. The predicted octanol–water partition coefficient (Wildman–Crippen LogP) is 0.524. The number of nitrogens with zero attached hydrogens (tertiary/aromatic N) is 3. The first-order valence-corrected chi connectivity index (χ1v) is 8.07. The normalized spacial score (nSPS) is 17.7. The van der Waals surface area contributed by atoms with Crippen LogP contribution in [-0.2, 0) is 16.1 Å². The topological polar surface area (TPSA) is 84.3 Å². The summed E-state index contributed by atoms with van der Waals surface area (Å²) in [6, 6.07) is 6.74. The van der Waals surface area contributed by atoms with Crippen LogP contribution in [0.1, 0.15) is 19.3 Å². The van der Waals surface area contributed by atoms with Gasteiger partial charge in [0.1, 0.15) is 12.6 Å². The van der Waals surface area contributed by atoms with Crippen molar-refractivity contribution in [1.82, 2.24) is 19.8 Å². The zero-order valence-electron chi connectivity index (χ0n) is 13.6. The van der Waals surface area contributed by atoms with Crippen molar-refractivity contribution in [2.24, 2.45) is 0 Å². The molecule has 1 N–H and O–H groups in total. The van der Waals surface area contributed by atoms with Gasteiger partial charge in [-0.15, -0.1) is 0 Å². The summed E-state index contributed by atoms with van der Waals surface area (Å²) in [5.41, 5.74) is 0.953. The third-order valence-electron chi connectivity index (χ3n) is 4.42. The second kappa shape index (κ2) is 6.82. The summed E-state index contributed by atoms with van der Waals surface area (Å²) in [6.07, 6.45) is 3.66. The summed E-state index contributed by atoms with van der Waals surface area (Å²) < 4.78 is 1.42. The minimum Gasteiger partial charge on any atom is -0.357 e. The lowest BCUT2D eigenvalue weighted by atomic mass is 10.0. The average molecular weight is 328 g/mol. The van der Waals surface area contributed by atoms with Crippen LogP contribution in [0.15, 0.2) is 35.3 Å². The number of hydrogen-bond donors (Lipinski definition) is 1. The van der Waals surface area contributed by atoms with E-state index in [1.165, 1.54) is 10.8 Å². The van der Waals surface area contributed by atoms with Gasteiger partial charge in [0.25, 0.3) is 5.56 Å². The number of carbonyl (C=O) groups is 2. The molecule has 3 rings (SSSR count). The minimum absolute atomic E-state index is 0.0879. The number of hydrogen-bond acceptors (Lipinski definition) is 4. The molecule has 1 atom stereocenters. The summed E-state index contributed by atoms with van der Waals surface area (Å²) in [4.78, 5) is 42.6. The van der Waals surface area contributed by atoms with Gasteiger partial charge in [-0.25, -0.2) is 4.98 Å². The van der Waals surface area contributed by atoms with Crippen molar-refractivity contribution in [3.8, 4) is 0 Å². The third kappa shape index (κ3) is 3.02. The van der Waals surface area contributed by atoms with Crippen molar-refractivity contribution in [2.45, 2.75) is 31.8 Å². The largest absolute Gasteiger partial charge is 0.357 e. The number of para-hydroxylation sites is 2. The van der Waals surface area contributed by atoms with Gasteiger partial charge in [-0.1, -0.05) is 12.1 Å². The highest BCUT2D eigenvalue weighted by Gasteiger charge is 2.31. The van der Waals surface area contributed by atoms with Crippen LogP contribution in [0.5, 0.6) is 0 Å². The fourth-order valence-corrected chi connectivity index (χ4v) is 3.17. The van der Waals surface area contributed by atoms with E-state index in [1.54, 1.807) is 30.1 Å². The summed E-state index contributed by atoms with van der Waals surface area (Å²) in [5.74, 6) is -0.378. The van der Waals surface area contributed by atoms with Crippen LogP contribution in [0.2, 0.25) is 0 Å². The highest BCUT2D eigenvalue weighted by Crippen LogP contribution is 2.18. The molecule has 1 saturated heterocycles. The molecule has 7 nitrogen and oxygen atoms in total. The number of benzene rings is 1. The molecule has 1 aliphatic heterocycles. The average Bonchev–Trinajstić information content (AvgIpc) is 2.63. The third-order valence-corrected chi connectivity index (χ3v) is 4.42. The summed E-state index contributed by atoms with van der Waals surface area (Å²) in [7, 11) is 1.57. The van der Waals surface area contributed by atoms with E-state index in [0.717, 1.165) is 12.8 Å². The van der Waals surface area contributed by atoms with E-state index < -0.39 is 6.04 Å². The zero-order valence-corrected chi connectivity index (χ0v) is 13.6. The highest BCUT2D eigenvalue weighted by atomic mass is 16.2. The molecule has 2 amide bonds. The second-order valence-electron chi connectivity index (χ2n) is 5.88. The molecule has 2 heterocycles. The van der Waals surface area contributed by atoms with Gasteiger partial charge < -0.3 is 10.2 Å². The molecule has 1 aromatic carbocycles. The van der Waals surface area contributed by atoms with Crippen molar-refractivity contribution >= 4 is 22.8 Å². The van der Waals surface area contributed by atoms with E-state index in [9.17, 15) is 14.4 Å². The molecule has 1 fully saturated rings. The van der Waals surface area contributed by atoms with E-state index >= 15 is 0 Å². The maximum atomic E-state index is 12.8. The summed E-state index contributed by atoms with van der Waals surface area (Å²) in [6.45, 7) is 0.448. The Kier molecular flexibility index (Phi) is 4.59. The highest BCUT2D eigenvalue weighted by molar-refractivity contribution is 5.88. The van der Waals surface area contributed by atoms with Crippen LogP contribution in [0, 0.1) is 0 Å². The van der Waals surface area contributed by atoms with Gasteiger partial charge in [-0.3, -0.25) is 19.0 Å². The van der Waals surface area contributed by atoms with Crippen molar-refractivity contribution in [3.63, 3.8) is 0 Å². The summed E-state index contributed by atoms with van der Waals surface area (Å²) in [5, 5.41) is 2.61. The van der Waals surface area contributed by atoms with Crippen LogP contribution in [0.3, 0.4) is 0 Å². The molecule has 7 heteroatoms. The van der Waals surface area contributed by atoms with Crippen molar-refractivity contribution in [3.05, 3.63) is 40.8 Å². The fourth-order valence-electron chi connectivity index (χ4n) is 3.17. The molecule has 1 unspecified atom stereocenters. The van der Waals surface area contributed by atoms with Crippen molar-refractivity contribution in [1.29, 1.82) is 0 Å². The maximum Gasteiger partial charge on any atom is 0.269 e. The van der Waals surface area contributed by atoms with Gasteiger partial charge >= 0.3 is 0 Å². The number of nitrogens with one attached hydrogen (secondary N) is 1. The number of rotatable bonds is 3. The molecule has 0 aliphatic carbocycles. The first-order chi connectivity index (χ1) is 11.6. The minimum atomic E-state index is -0.458. The zero-order chi connectivity index (χ0) is 17.1. The fraction of sp³-hybridized carbons (Fsp3) is 0.412. The first-order valence-electron chi connectivity index (χ1n) is 8.07. The van der Waals surface area contributed by atoms with E-state index in [1.807, 2.05) is 6.07 Å². The van der Waals surface area contributed by atoms with Gasteiger partial charge in [0, 0.05) is 13.6 Å². The van der Waals surface area contributed by atoms with Gasteiger partial charge in [0.2, 0.25) is 11.8 Å². The Hall–Kier alpha value is -2.70. The Morgan fingerprint density at radius 3 is 2.88 bits per heavy atom.